The van der Waals surface area contributed by atoms with E-state index in [1.54, 1.807) is 35.8 Å². The maximum absolute atomic E-state index is 12.3. The van der Waals surface area contributed by atoms with Crippen LogP contribution < -0.4 is 10.2 Å². The number of fused-ring (bicyclic) bond motifs is 1. The Morgan fingerprint density at radius 3 is 2.92 bits per heavy atom. The monoisotopic (exact) mass is 614 g/mol. The molecule has 0 saturated heterocycles. The van der Waals surface area contributed by atoms with E-state index in [2.05, 4.69) is 31.4 Å². The largest absolute Gasteiger partial charge is 0.482 e. The van der Waals surface area contributed by atoms with Crippen molar-refractivity contribution in [2.24, 2.45) is 5.10 Å². The number of nitrogens with one attached hydrogen (secondary N) is 1. The van der Waals surface area contributed by atoms with E-state index >= 15 is 0 Å². The molecule has 3 heterocycles. The van der Waals surface area contributed by atoms with Crippen molar-refractivity contribution in [2.45, 2.75) is 51.4 Å². The van der Waals surface area contributed by atoms with E-state index in [1.165, 1.54) is 16.9 Å². The minimum Gasteiger partial charge on any atom is -0.482 e. The number of halogens is 2. The van der Waals surface area contributed by atoms with E-state index in [1.807, 2.05) is 19.9 Å². The van der Waals surface area contributed by atoms with Crippen molar-refractivity contribution in [3.05, 3.63) is 73.2 Å². The number of hydrazone groups is 1. The molecule has 0 unspecified atom stereocenters. The lowest BCUT2D eigenvalue weighted by Gasteiger charge is -2.10. The smallest absolute Gasteiger partial charge is 0.277 e. The van der Waals surface area contributed by atoms with Gasteiger partial charge in [0.05, 0.1) is 22.6 Å². The molecule has 4 aromatic rings. The van der Waals surface area contributed by atoms with Gasteiger partial charge in [-0.3, -0.25) is 4.79 Å². The van der Waals surface area contributed by atoms with E-state index in [4.69, 9.17) is 32.4 Å². The van der Waals surface area contributed by atoms with Gasteiger partial charge in [0.15, 0.2) is 6.61 Å². The van der Waals surface area contributed by atoms with Gasteiger partial charge in [-0.1, -0.05) is 35.0 Å². The molecule has 13 heteroatoms. The summed E-state index contributed by atoms with van der Waals surface area (Å²) in [6.07, 6.45) is 5.90. The Kier molecular flexibility index (Phi) is 8.81. The zero-order valence-electron chi connectivity index (χ0n) is 21.7. The Morgan fingerprint density at radius 1 is 1.30 bits per heavy atom. The summed E-state index contributed by atoms with van der Waals surface area (Å²) in [7, 11) is 0. The molecule has 3 aromatic heterocycles. The van der Waals surface area contributed by atoms with Crippen LogP contribution in [0.1, 0.15) is 51.7 Å². The summed E-state index contributed by atoms with van der Waals surface area (Å²) in [5.41, 5.74) is 7.34. The number of aromatic nitrogens is 3. The number of amides is 1. The van der Waals surface area contributed by atoms with Crippen LogP contribution in [0.5, 0.6) is 5.75 Å². The molecule has 0 aliphatic heterocycles. The molecule has 0 bridgehead atoms. The van der Waals surface area contributed by atoms with Gasteiger partial charge in [0.1, 0.15) is 16.8 Å². The number of rotatable bonds is 9. The number of ether oxygens (including phenoxy) is 1. The molecule has 0 spiro atoms. The van der Waals surface area contributed by atoms with Crippen LogP contribution in [-0.4, -0.2) is 32.6 Å². The molecule has 0 fully saturated rings. The molecule has 1 aliphatic rings. The van der Waals surface area contributed by atoms with E-state index < -0.39 is 0 Å². The van der Waals surface area contributed by atoms with Crippen molar-refractivity contribution < 1.29 is 13.9 Å². The van der Waals surface area contributed by atoms with Gasteiger partial charge < -0.3 is 13.7 Å². The van der Waals surface area contributed by atoms with Crippen LogP contribution in [-0.2, 0) is 24.2 Å². The first-order valence-corrected chi connectivity index (χ1v) is 15.0. The third-order valence-corrected chi connectivity index (χ3v) is 8.98. The number of hydrogen-bond acceptors (Lipinski definition) is 9. The predicted molar refractivity (Wildman–Crippen MR) is 156 cm³/mol. The molecule has 1 N–H and O–H groups in total. The van der Waals surface area contributed by atoms with Gasteiger partial charge in [-0.2, -0.15) is 10.4 Å². The number of aryl methyl sites for hydroxylation is 2. The SMILES string of the molecule is Cc1cc(/C=N\NC(=O)CSc2nnc(COc3ccc(Cl)cc3Cl)o2)c(C)n1-c1sc2c(c1C#N)CCCC2. The standard InChI is InChI=1S/C27H24Cl2N6O3S2/c1-15-9-17(16(2)35(15)26-20(11-30)19-5-3-4-6-23(19)40-26)12-31-32-24(36)14-39-27-34-33-25(38-27)13-37-22-8-7-18(28)10-21(22)29/h7-10,12H,3-6,13-14H2,1-2H3,(H,32,36)/b31-12-. The summed E-state index contributed by atoms with van der Waals surface area (Å²) >= 11 is 14.8. The Morgan fingerprint density at radius 2 is 2.12 bits per heavy atom. The third-order valence-electron chi connectivity index (χ3n) is 6.35. The zero-order valence-corrected chi connectivity index (χ0v) is 24.8. The first-order chi connectivity index (χ1) is 19.3. The fourth-order valence-corrected chi connectivity index (χ4v) is 6.96. The topological polar surface area (TPSA) is 118 Å². The van der Waals surface area contributed by atoms with Crippen LogP contribution in [0.25, 0.3) is 5.00 Å². The lowest BCUT2D eigenvalue weighted by molar-refractivity contribution is -0.118. The molecule has 40 heavy (non-hydrogen) atoms. The molecule has 9 nitrogen and oxygen atoms in total. The molecule has 1 aliphatic carbocycles. The van der Waals surface area contributed by atoms with Crippen LogP contribution in [0.4, 0.5) is 0 Å². The van der Waals surface area contributed by atoms with E-state index in [0.717, 1.165) is 58.5 Å². The van der Waals surface area contributed by atoms with Crippen molar-refractivity contribution in [1.29, 1.82) is 5.26 Å². The molecule has 1 amide bonds. The second-order valence-electron chi connectivity index (χ2n) is 9.07. The second kappa shape index (κ2) is 12.5. The van der Waals surface area contributed by atoms with Gasteiger partial charge in [-0.05, 0) is 69.4 Å². The summed E-state index contributed by atoms with van der Waals surface area (Å²) < 4.78 is 13.2. The van der Waals surface area contributed by atoms with Gasteiger partial charge >= 0.3 is 0 Å². The van der Waals surface area contributed by atoms with Gasteiger partial charge in [-0.15, -0.1) is 21.5 Å². The van der Waals surface area contributed by atoms with Crippen molar-refractivity contribution in [3.8, 4) is 16.8 Å². The number of benzene rings is 1. The molecule has 1 aromatic carbocycles. The molecule has 206 valence electrons. The number of hydrogen-bond donors (Lipinski definition) is 1. The number of nitrogens with zero attached hydrogens (tertiary/aromatic N) is 5. The first-order valence-electron chi connectivity index (χ1n) is 12.4. The Bertz CT molecular complexity index is 1640. The molecule has 0 radical (unpaired) electrons. The quantitative estimate of drug-likeness (QED) is 0.131. The highest BCUT2D eigenvalue weighted by Gasteiger charge is 2.23. The Balaban J connectivity index is 1.15. The zero-order chi connectivity index (χ0) is 28.2. The van der Waals surface area contributed by atoms with Gasteiger partial charge in [0, 0.05) is 26.9 Å². The van der Waals surface area contributed by atoms with E-state index in [9.17, 15) is 10.1 Å². The summed E-state index contributed by atoms with van der Waals surface area (Å²) in [4.78, 5) is 13.7. The van der Waals surface area contributed by atoms with Crippen molar-refractivity contribution in [2.75, 3.05) is 5.75 Å². The van der Waals surface area contributed by atoms with Crippen LogP contribution in [0.2, 0.25) is 10.0 Å². The second-order valence-corrected chi connectivity index (χ2v) is 11.9. The van der Waals surface area contributed by atoms with Crippen LogP contribution >= 0.6 is 46.3 Å². The van der Waals surface area contributed by atoms with Gasteiger partial charge in [0.25, 0.3) is 17.0 Å². The Labute approximate surface area is 249 Å². The third kappa shape index (κ3) is 6.20. The number of thioether (sulfide) groups is 1. The molecule has 0 saturated carbocycles. The fraction of sp³-hybridized carbons (Fsp3) is 0.296. The van der Waals surface area contributed by atoms with Crippen LogP contribution in [0.15, 0.2) is 39.0 Å². The fourth-order valence-electron chi connectivity index (χ4n) is 4.48. The molecular weight excluding hydrogens is 591 g/mol. The highest BCUT2D eigenvalue weighted by atomic mass is 35.5. The lowest BCUT2D eigenvalue weighted by atomic mass is 9.96. The van der Waals surface area contributed by atoms with Crippen LogP contribution in [0, 0.1) is 25.2 Å². The average molecular weight is 616 g/mol. The maximum Gasteiger partial charge on any atom is 0.277 e. The first kappa shape index (κ1) is 28.2. The minimum absolute atomic E-state index is 0.0216. The predicted octanol–water partition coefficient (Wildman–Crippen LogP) is 6.42. The minimum atomic E-state index is -0.322. The summed E-state index contributed by atoms with van der Waals surface area (Å²) in [5.74, 6) is 0.398. The van der Waals surface area contributed by atoms with Gasteiger partial charge in [-0.25, -0.2) is 5.43 Å². The van der Waals surface area contributed by atoms with Crippen molar-refractivity contribution in [1.82, 2.24) is 20.2 Å². The normalized spacial score (nSPS) is 12.9. The molecular formula is C27H24Cl2N6O3S2. The number of carbonyl (C=O) groups is 1. The van der Waals surface area contributed by atoms with Crippen molar-refractivity contribution in [3.63, 3.8) is 0 Å². The average Bonchev–Trinajstić information content (AvgIpc) is 3.62. The van der Waals surface area contributed by atoms with E-state index in [0.29, 0.717) is 15.8 Å². The summed E-state index contributed by atoms with van der Waals surface area (Å²) in [6.45, 7) is 4.02. The Hall–Kier alpha value is -3.30. The summed E-state index contributed by atoms with van der Waals surface area (Å²) in [6, 6.07) is 9.32. The van der Waals surface area contributed by atoms with Crippen molar-refractivity contribution >= 4 is 58.4 Å². The highest BCUT2D eigenvalue weighted by Crippen LogP contribution is 2.38. The van der Waals surface area contributed by atoms with Crippen LogP contribution in [0.3, 0.4) is 0 Å². The molecule has 0 atom stereocenters. The summed E-state index contributed by atoms with van der Waals surface area (Å²) in [5, 5.41) is 23.9. The highest BCUT2D eigenvalue weighted by molar-refractivity contribution is 7.99. The number of nitriles is 1. The van der Waals surface area contributed by atoms with E-state index in [-0.39, 0.29) is 29.4 Å². The number of carbonyl (C=O) groups excluding carboxylic acids is 1. The number of thiophene rings is 1. The van der Waals surface area contributed by atoms with Gasteiger partial charge in [0.2, 0.25) is 0 Å². The molecule has 5 rings (SSSR count). The lowest BCUT2D eigenvalue weighted by Crippen LogP contribution is -2.19. The maximum atomic E-state index is 12.3.